The summed E-state index contributed by atoms with van der Waals surface area (Å²) >= 11 is 0. The Labute approximate surface area is 127 Å². The number of rotatable bonds is 12. The van der Waals surface area contributed by atoms with Crippen molar-refractivity contribution in [3.8, 4) is 0 Å². The third-order valence-electron chi connectivity index (χ3n) is 2.89. The lowest BCUT2D eigenvalue weighted by Gasteiger charge is -2.30. The predicted molar refractivity (Wildman–Crippen MR) is 79.9 cm³/mol. The SMILES string of the molecule is CCOP(=O)(OCC)OCC[N+](C)(C)CCCC(=O)OC. The number of likely N-dealkylation sites (N-methyl/N-ethyl adjacent to an activating group) is 1. The number of methoxy groups -OCH3 is 1. The van der Waals surface area contributed by atoms with Crippen molar-refractivity contribution in [3.05, 3.63) is 0 Å². The van der Waals surface area contributed by atoms with E-state index in [2.05, 4.69) is 4.74 Å². The fourth-order valence-electron chi connectivity index (χ4n) is 1.69. The van der Waals surface area contributed by atoms with Gasteiger partial charge in [0.25, 0.3) is 0 Å². The summed E-state index contributed by atoms with van der Waals surface area (Å²) in [6, 6.07) is 0. The molecule has 0 aromatic carbocycles. The minimum absolute atomic E-state index is 0.205. The number of esters is 1. The van der Waals surface area contributed by atoms with Crippen LogP contribution in [0.1, 0.15) is 26.7 Å². The first kappa shape index (κ1) is 20.5. The van der Waals surface area contributed by atoms with Crippen LogP contribution in [-0.2, 0) is 27.7 Å². The summed E-state index contributed by atoms with van der Waals surface area (Å²) in [7, 11) is 1.99. The number of phosphoric acid groups is 1. The van der Waals surface area contributed by atoms with Crippen LogP contribution in [0, 0.1) is 0 Å². The Morgan fingerprint density at radius 3 is 2.10 bits per heavy atom. The smallest absolute Gasteiger partial charge is 0.469 e. The summed E-state index contributed by atoms with van der Waals surface area (Å²) in [5, 5.41) is 0. The molecular formula is C13H29NO6P+. The maximum atomic E-state index is 12.1. The van der Waals surface area contributed by atoms with Crippen LogP contribution in [0.2, 0.25) is 0 Å². The summed E-state index contributed by atoms with van der Waals surface area (Å²) < 4.78 is 32.8. The molecule has 7 nitrogen and oxygen atoms in total. The van der Waals surface area contributed by atoms with Crippen LogP contribution in [-0.4, -0.2) is 64.6 Å². The first-order valence-corrected chi connectivity index (χ1v) is 8.67. The number of ether oxygens (including phenoxy) is 1. The molecule has 0 radical (unpaired) electrons. The summed E-state index contributed by atoms with van der Waals surface area (Å²) in [4.78, 5) is 11.1. The second-order valence-corrected chi connectivity index (χ2v) is 6.85. The number of quaternary nitrogens is 1. The van der Waals surface area contributed by atoms with E-state index < -0.39 is 7.82 Å². The van der Waals surface area contributed by atoms with Crippen LogP contribution in [0.3, 0.4) is 0 Å². The zero-order chi connectivity index (χ0) is 16.4. The normalized spacial score (nSPS) is 12.4. The molecule has 0 rings (SSSR count). The molecule has 0 amide bonds. The highest BCUT2D eigenvalue weighted by Crippen LogP contribution is 2.49. The van der Waals surface area contributed by atoms with Gasteiger partial charge in [0, 0.05) is 6.42 Å². The molecule has 0 saturated carbocycles. The van der Waals surface area contributed by atoms with E-state index in [4.69, 9.17) is 13.6 Å². The van der Waals surface area contributed by atoms with Gasteiger partial charge in [-0.3, -0.25) is 18.4 Å². The average molecular weight is 326 g/mol. The second-order valence-electron chi connectivity index (χ2n) is 5.18. The lowest BCUT2D eigenvalue weighted by atomic mass is 10.2. The van der Waals surface area contributed by atoms with E-state index in [1.165, 1.54) is 7.11 Å². The zero-order valence-corrected chi connectivity index (χ0v) is 14.7. The minimum Gasteiger partial charge on any atom is -0.469 e. The number of nitrogens with zero attached hydrogens (tertiary/aromatic N) is 1. The van der Waals surface area contributed by atoms with Crippen LogP contribution in [0.25, 0.3) is 0 Å². The van der Waals surface area contributed by atoms with Crippen LogP contribution < -0.4 is 0 Å². The summed E-state index contributed by atoms with van der Waals surface area (Å²) in [6.45, 7) is 5.73. The van der Waals surface area contributed by atoms with E-state index >= 15 is 0 Å². The summed E-state index contributed by atoms with van der Waals surface area (Å²) in [6.07, 6.45) is 1.13. The molecule has 0 saturated heterocycles. The average Bonchev–Trinajstić information content (AvgIpc) is 2.38. The number of hydrogen-bond acceptors (Lipinski definition) is 6. The Bertz CT molecular complexity index is 338. The molecule has 21 heavy (non-hydrogen) atoms. The second kappa shape index (κ2) is 10.3. The first-order chi connectivity index (χ1) is 9.78. The van der Waals surface area contributed by atoms with Crippen molar-refractivity contribution >= 4 is 13.8 Å². The zero-order valence-electron chi connectivity index (χ0n) is 13.8. The van der Waals surface area contributed by atoms with Crippen LogP contribution >= 0.6 is 7.82 Å². The first-order valence-electron chi connectivity index (χ1n) is 7.21. The lowest BCUT2D eigenvalue weighted by molar-refractivity contribution is -0.890. The van der Waals surface area contributed by atoms with Gasteiger partial charge in [-0.1, -0.05) is 0 Å². The molecule has 0 aliphatic heterocycles. The number of carbonyl (C=O) groups is 1. The number of hydrogen-bond donors (Lipinski definition) is 0. The highest BCUT2D eigenvalue weighted by atomic mass is 31.2. The third-order valence-corrected chi connectivity index (χ3v) is 4.54. The Kier molecular flexibility index (Phi) is 10.1. The highest BCUT2D eigenvalue weighted by molar-refractivity contribution is 7.48. The van der Waals surface area contributed by atoms with E-state index in [-0.39, 0.29) is 25.8 Å². The molecule has 0 heterocycles. The molecule has 0 aromatic heterocycles. The maximum absolute atomic E-state index is 12.1. The molecule has 0 aliphatic carbocycles. The Morgan fingerprint density at radius 2 is 1.62 bits per heavy atom. The van der Waals surface area contributed by atoms with Crippen LogP contribution in [0.15, 0.2) is 0 Å². The van der Waals surface area contributed by atoms with Gasteiger partial charge in [-0.2, -0.15) is 0 Å². The van der Waals surface area contributed by atoms with Crippen molar-refractivity contribution in [2.45, 2.75) is 26.7 Å². The molecule has 0 N–H and O–H groups in total. The molecule has 0 bridgehead atoms. The quantitative estimate of drug-likeness (QED) is 0.311. The summed E-state index contributed by atoms with van der Waals surface area (Å²) in [5.74, 6) is -0.205. The van der Waals surface area contributed by atoms with E-state index in [0.717, 1.165) is 13.0 Å². The monoisotopic (exact) mass is 326 g/mol. The van der Waals surface area contributed by atoms with Gasteiger partial charge in [0.15, 0.2) is 0 Å². The van der Waals surface area contributed by atoms with Crippen LogP contribution in [0.4, 0.5) is 0 Å². The van der Waals surface area contributed by atoms with Crippen LogP contribution in [0.5, 0.6) is 0 Å². The highest BCUT2D eigenvalue weighted by Gasteiger charge is 2.27. The Balaban J connectivity index is 4.11. The Hall–Kier alpha value is -0.460. The largest absolute Gasteiger partial charge is 0.474 e. The van der Waals surface area contributed by atoms with Crippen molar-refractivity contribution in [1.82, 2.24) is 0 Å². The fraction of sp³-hybridized carbons (Fsp3) is 0.923. The lowest BCUT2D eigenvalue weighted by Crippen LogP contribution is -2.43. The molecule has 8 heteroatoms. The maximum Gasteiger partial charge on any atom is 0.474 e. The van der Waals surface area contributed by atoms with Crippen molar-refractivity contribution in [3.63, 3.8) is 0 Å². The van der Waals surface area contributed by atoms with Crippen molar-refractivity contribution in [2.75, 3.05) is 54.1 Å². The molecule has 0 aromatic rings. The predicted octanol–water partition coefficient (Wildman–Crippen LogP) is 2.21. The molecule has 0 unspecified atom stereocenters. The fourth-order valence-corrected chi connectivity index (χ4v) is 2.85. The number of carbonyl (C=O) groups excluding carboxylic acids is 1. The van der Waals surface area contributed by atoms with Crippen molar-refractivity contribution in [1.29, 1.82) is 0 Å². The van der Waals surface area contributed by atoms with Gasteiger partial charge in [0.05, 0.1) is 47.4 Å². The third kappa shape index (κ3) is 9.98. The molecule has 0 atom stereocenters. The molecule has 126 valence electrons. The van der Waals surface area contributed by atoms with Gasteiger partial charge in [0.2, 0.25) is 0 Å². The number of phosphoric ester groups is 1. The van der Waals surface area contributed by atoms with E-state index in [1.54, 1.807) is 13.8 Å². The summed E-state index contributed by atoms with van der Waals surface area (Å²) in [5.41, 5.74) is 0. The van der Waals surface area contributed by atoms with Crippen molar-refractivity contribution < 1.29 is 32.2 Å². The van der Waals surface area contributed by atoms with E-state index in [9.17, 15) is 9.36 Å². The van der Waals surface area contributed by atoms with Crippen molar-refractivity contribution in [2.24, 2.45) is 0 Å². The van der Waals surface area contributed by atoms with Gasteiger partial charge < -0.3 is 9.22 Å². The van der Waals surface area contributed by atoms with Gasteiger partial charge in [0.1, 0.15) is 13.2 Å². The molecule has 0 aliphatic rings. The molecule has 0 fully saturated rings. The van der Waals surface area contributed by atoms with Gasteiger partial charge in [-0.05, 0) is 13.8 Å². The topological polar surface area (TPSA) is 71.1 Å². The standard InChI is InChI=1S/C13H29NO6P/c1-6-18-21(16,19-7-2)20-12-11-14(3,4)10-8-9-13(15)17-5/h6-12H2,1-5H3/q+1. The molecule has 0 spiro atoms. The van der Waals surface area contributed by atoms with Gasteiger partial charge in [-0.25, -0.2) is 4.57 Å². The van der Waals surface area contributed by atoms with E-state index in [1.807, 2.05) is 14.1 Å². The molecular weight excluding hydrogens is 297 g/mol. The van der Waals surface area contributed by atoms with E-state index in [0.29, 0.717) is 17.4 Å². The minimum atomic E-state index is -3.44. The van der Waals surface area contributed by atoms with Gasteiger partial charge in [-0.15, -0.1) is 0 Å². The van der Waals surface area contributed by atoms with Gasteiger partial charge >= 0.3 is 13.8 Å². The Morgan fingerprint density at radius 1 is 1.05 bits per heavy atom.